The molecule has 0 rings (SSSR count). The Kier molecular flexibility index (Phi) is 51.9. The zero-order valence-electron chi connectivity index (χ0n) is 43.9. The fourth-order valence-corrected chi connectivity index (χ4v) is 9.11. The first-order valence-corrected chi connectivity index (χ1v) is 29.1. The molecule has 0 aliphatic carbocycles. The van der Waals surface area contributed by atoms with Crippen LogP contribution in [0.1, 0.15) is 316 Å². The summed E-state index contributed by atoms with van der Waals surface area (Å²) in [5.74, 6) is -0.468. The van der Waals surface area contributed by atoms with Gasteiger partial charge in [-0.25, -0.2) is 0 Å². The number of hydrogen-bond donors (Lipinski definition) is 3. The van der Waals surface area contributed by atoms with Crippen LogP contribution in [-0.4, -0.2) is 46.9 Å². The van der Waals surface area contributed by atoms with Gasteiger partial charge in [-0.3, -0.25) is 9.59 Å². The molecule has 0 aliphatic heterocycles. The maximum atomic E-state index is 13.3. The van der Waals surface area contributed by atoms with Crippen LogP contribution in [0.4, 0.5) is 0 Å². The number of rotatable bonds is 53. The van der Waals surface area contributed by atoms with Crippen LogP contribution < -0.4 is 5.32 Å². The van der Waals surface area contributed by atoms with E-state index in [1.807, 2.05) is 0 Å². The molecule has 1 amide bonds. The Labute approximate surface area is 405 Å². The number of allylic oxidation sites excluding steroid dienone is 4. The highest BCUT2D eigenvalue weighted by Crippen LogP contribution is 2.19. The van der Waals surface area contributed by atoms with Crippen LogP contribution in [0.15, 0.2) is 24.3 Å². The van der Waals surface area contributed by atoms with E-state index in [9.17, 15) is 19.8 Å². The van der Waals surface area contributed by atoms with Gasteiger partial charge in [0, 0.05) is 6.42 Å². The van der Waals surface area contributed by atoms with E-state index in [2.05, 4.69) is 50.4 Å². The summed E-state index contributed by atoms with van der Waals surface area (Å²) < 4.78 is 5.96. The fraction of sp³-hybridized carbons (Fsp3) is 0.898. The third-order valence-corrected chi connectivity index (χ3v) is 13.5. The highest BCUT2D eigenvalue weighted by Gasteiger charge is 2.24. The number of amides is 1. The lowest BCUT2D eigenvalue weighted by atomic mass is 10.0. The minimum Gasteiger partial charge on any atom is -0.462 e. The van der Waals surface area contributed by atoms with Gasteiger partial charge in [0.25, 0.3) is 0 Å². The molecule has 0 heterocycles. The smallest absolute Gasteiger partial charge is 0.306 e. The average molecular weight is 917 g/mol. The van der Waals surface area contributed by atoms with Gasteiger partial charge in [0.2, 0.25) is 5.91 Å². The average Bonchev–Trinajstić information content (AvgIpc) is 3.30. The molecule has 3 unspecified atom stereocenters. The summed E-state index contributed by atoms with van der Waals surface area (Å²) in [5.41, 5.74) is 0. The highest BCUT2D eigenvalue weighted by atomic mass is 16.5. The molecule has 0 radical (unpaired) electrons. The molecular formula is C59H113NO5. The topological polar surface area (TPSA) is 95.9 Å². The number of carbonyl (C=O) groups excluding carboxylic acids is 2. The second-order valence-corrected chi connectivity index (χ2v) is 20.1. The van der Waals surface area contributed by atoms with E-state index in [1.54, 1.807) is 0 Å². The standard InChI is InChI=1S/C59H113NO5/c1-4-7-10-13-16-19-22-25-28-31-33-36-39-42-45-48-51-57(62)56(54-61)60-58(63)53-55(50-47-44-41-38-35-32-29-26-23-20-17-14-11-8-5-2)65-59(64)52-49-46-43-40-37-34-30-27-24-21-18-15-12-9-6-3/h17,20,26,29,55-57,61-62H,4-16,18-19,21-25,27-28,30-54H2,1-3H3,(H,60,63)/b20-17-,29-26-. The number of esters is 1. The number of ether oxygens (including phenoxy) is 1. The second-order valence-electron chi connectivity index (χ2n) is 20.1. The Balaban J connectivity index is 4.53. The predicted octanol–water partition coefficient (Wildman–Crippen LogP) is 17.9. The number of nitrogens with one attached hydrogen (secondary N) is 1. The number of aliphatic hydroxyl groups excluding tert-OH is 2. The van der Waals surface area contributed by atoms with Crippen LogP contribution in [0, 0.1) is 0 Å². The monoisotopic (exact) mass is 916 g/mol. The Hall–Kier alpha value is -1.66. The van der Waals surface area contributed by atoms with Crippen LogP contribution >= 0.6 is 0 Å². The summed E-state index contributed by atoms with van der Waals surface area (Å²) >= 11 is 0. The molecule has 0 saturated heterocycles. The highest BCUT2D eigenvalue weighted by molar-refractivity contribution is 5.77. The molecule has 0 fully saturated rings. The van der Waals surface area contributed by atoms with Crippen LogP contribution in [0.25, 0.3) is 0 Å². The number of unbranched alkanes of at least 4 members (excludes halogenated alkanes) is 37. The van der Waals surface area contributed by atoms with Gasteiger partial charge >= 0.3 is 5.97 Å². The van der Waals surface area contributed by atoms with Gasteiger partial charge in [-0.2, -0.15) is 0 Å². The van der Waals surface area contributed by atoms with E-state index >= 15 is 0 Å². The van der Waals surface area contributed by atoms with Gasteiger partial charge in [-0.15, -0.1) is 0 Å². The molecule has 384 valence electrons. The van der Waals surface area contributed by atoms with Crippen molar-refractivity contribution in [2.45, 2.75) is 334 Å². The van der Waals surface area contributed by atoms with Crippen molar-refractivity contribution in [3.05, 3.63) is 24.3 Å². The number of aliphatic hydroxyl groups is 2. The minimum absolute atomic E-state index is 0.0741. The summed E-state index contributed by atoms with van der Waals surface area (Å²) in [6.07, 6.45) is 62.4. The van der Waals surface area contributed by atoms with Crippen molar-refractivity contribution in [2.75, 3.05) is 6.61 Å². The molecule has 0 bridgehead atoms. The van der Waals surface area contributed by atoms with E-state index in [1.165, 1.54) is 205 Å². The third-order valence-electron chi connectivity index (χ3n) is 13.5. The van der Waals surface area contributed by atoms with Crippen molar-refractivity contribution in [2.24, 2.45) is 0 Å². The summed E-state index contributed by atoms with van der Waals surface area (Å²) in [6, 6.07) is -0.702. The third kappa shape index (κ3) is 48.6. The molecule has 0 spiro atoms. The van der Waals surface area contributed by atoms with Crippen molar-refractivity contribution in [3.63, 3.8) is 0 Å². The number of carbonyl (C=O) groups is 2. The SMILES string of the molecule is CCCCC/C=C\C/C=C\CCCCCCCC(CC(=O)NC(CO)C(O)CCCCCCCCCCCCCCCCCC)OC(=O)CCCCCCCCCCCCCCCCC. The van der Waals surface area contributed by atoms with Gasteiger partial charge in [-0.1, -0.05) is 270 Å². The number of hydrogen-bond acceptors (Lipinski definition) is 5. The van der Waals surface area contributed by atoms with Crippen LogP contribution in [0.2, 0.25) is 0 Å². The molecule has 3 N–H and O–H groups in total. The van der Waals surface area contributed by atoms with Crippen LogP contribution in [0.3, 0.4) is 0 Å². The maximum Gasteiger partial charge on any atom is 0.306 e. The van der Waals surface area contributed by atoms with E-state index in [0.29, 0.717) is 19.3 Å². The molecule has 65 heavy (non-hydrogen) atoms. The lowest BCUT2D eigenvalue weighted by Gasteiger charge is -2.24. The van der Waals surface area contributed by atoms with Gasteiger partial charge in [0.05, 0.1) is 25.2 Å². The van der Waals surface area contributed by atoms with Gasteiger partial charge in [0.15, 0.2) is 0 Å². The molecule has 0 aromatic heterocycles. The minimum atomic E-state index is -0.788. The fourth-order valence-electron chi connectivity index (χ4n) is 9.11. The summed E-state index contributed by atoms with van der Waals surface area (Å²) in [5, 5.41) is 23.9. The van der Waals surface area contributed by atoms with Crippen LogP contribution in [0.5, 0.6) is 0 Å². The van der Waals surface area contributed by atoms with Crippen molar-refractivity contribution < 1.29 is 24.5 Å². The first-order chi connectivity index (χ1) is 32.0. The molecule has 0 aliphatic rings. The summed E-state index contributed by atoms with van der Waals surface area (Å²) in [6.45, 7) is 6.50. The van der Waals surface area contributed by atoms with Gasteiger partial charge < -0.3 is 20.3 Å². The van der Waals surface area contributed by atoms with E-state index in [-0.39, 0.29) is 24.9 Å². The first-order valence-electron chi connectivity index (χ1n) is 29.1. The van der Waals surface area contributed by atoms with E-state index < -0.39 is 18.2 Å². The van der Waals surface area contributed by atoms with Crippen LogP contribution in [-0.2, 0) is 14.3 Å². The van der Waals surface area contributed by atoms with E-state index in [4.69, 9.17) is 4.74 Å². The predicted molar refractivity (Wildman–Crippen MR) is 283 cm³/mol. The van der Waals surface area contributed by atoms with Crippen molar-refractivity contribution in [1.29, 1.82) is 0 Å². The summed E-state index contributed by atoms with van der Waals surface area (Å²) in [4.78, 5) is 26.3. The van der Waals surface area contributed by atoms with Gasteiger partial charge in [-0.05, 0) is 57.8 Å². The molecular weight excluding hydrogens is 803 g/mol. The zero-order valence-corrected chi connectivity index (χ0v) is 43.9. The lowest BCUT2D eigenvalue weighted by Crippen LogP contribution is -2.46. The van der Waals surface area contributed by atoms with Crippen molar-refractivity contribution >= 4 is 11.9 Å². The first kappa shape index (κ1) is 63.3. The molecule has 6 heteroatoms. The second kappa shape index (κ2) is 53.3. The Morgan fingerprint density at radius 2 is 0.785 bits per heavy atom. The molecule has 6 nitrogen and oxygen atoms in total. The summed E-state index contributed by atoms with van der Waals surface area (Å²) in [7, 11) is 0. The molecule has 0 saturated carbocycles. The van der Waals surface area contributed by atoms with Crippen molar-refractivity contribution in [1.82, 2.24) is 5.32 Å². The molecule has 3 atom stereocenters. The van der Waals surface area contributed by atoms with E-state index in [0.717, 1.165) is 64.2 Å². The molecule has 0 aromatic carbocycles. The molecule has 0 aromatic rings. The quantitative estimate of drug-likeness (QED) is 0.0321. The maximum absolute atomic E-state index is 13.3. The normalized spacial score (nSPS) is 13.2. The zero-order chi connectivity index (χ0) is 47.4. The largest absolute Gasteiger partial charge is 0.462 e. The van der Waals surface area contributed by atoms with Gasteiger partial charge in [0.1, 0.15) is 6.10 Å². The Morgan fingerprint density at radius 1 is 0.446 bits per heavy atom. The lowest BCUT2D eigenvalue weighted by molar-refractivity contribution is -0.151. The van der Waals surface area contributed by atoms with Crippen molar-refractivity contribution in [3.8, 4) is 0 Å². The Bertz CT molecular complexity index is 1030. The Morgan fingerprint density at radius 3 is 1.20 bits per heavy atom.